The number of rotatable bonds is 1. The average Bonchev–Trinajstić information content (AvgIpc) is 2.66. The van der Waals surface area contributed by atoms with E-state index in [-0.39, 0.29) is 0 Å². The molecule has 0 fully saturated rings. The van der Waals surface area contributed by atoms with Crippen molar-refractivity contribution in [3.63, 3.8) is 0 Å². The fraction of sp³-hybridized carbons (Fsp3) is 0. The van der Waals surface area contributed by atoms with Crippen molar-refractivity contribution in [3.8, 4) is 0 Å². The Morgan fingerprint density at radius 3 is 2.94 bits per heavy atom. The Balaban J connectivity index is 2.41. The summed E-state index contributed by atoms with van der Waals surface area (Å²) in [5.74, 6) is -0.423. The van der Waals surface area contributed by atoms with Crippen LogP contribution in [0.1, 0.15) is 10.4 Å². The maximum absolute atomic E-state index is 11.1. The molecule has 0 saturated heterocycles. The lowest BCUT2D eigenvalue weighted by molar-refractivity contribution is 0.100. The average molecular weight is 211 g/mol. The van der Waals surface area contributed by atoms with Crippen LogP contribution in [-0.4, -0.2) is 15.9 Å². The van der Waals surface area contributed by atoms with Gasteiger partial charge in [0.1, 0.15) is 5.65 Å². The SMILES string of the molecule is NC(=O)c1ccc2c(c1)[nH]c1ncccc12. The summed E-state index contributed by atoms with van der Waals surface area (Å²) in [7, 11) is 0. The van der Waals surface area contributed by atoms with Gasteiger partial charge in [-0.25, -0.2) is 4.98 Å². The minimum Gasteiger partial charge on any atom is -0.366 e. The molecule has 2 aromatic heterocycles. The number of pyridine rings is 1. The zero-order chi connectivity index (χ0) is 11.1. The van der Waals surface area contributed by atoms with Crippen LogP contribution in [0.4, 0.5) is 0 Å². The Bertz CT molecular complexity index is 700. The molecule has 0 aliphatic rings. The number of fused-ring (bicyclic) bond motifs is 3. The van der Waals surface area contributed by atoms with Crippen molar-refractivity contribution in [2.45, 2.75) is 0 Å². The normalized spacial score (nSPS) is 11.0. The van der Waals surface area contributed by atoms with E-state index in [1.165, 1.54) is 0 Å². The summed E-state index contributed by atoms with van der Waals surface area (Å²) in [6.45, 7) is 0. The zero-order valence-electron chi connectivity index (χ0n) is 8.40. The third-order valence-corrected chi connectivity index (χ3v) is 2.66. The number of hydrogen-bond acceptors (Lipinski definition) is 2. The van der Waals surface area contributed by atoms with Crippen LogP contribution in [0.5, 0.6) is 0 Å². The van der Waals surface area contributed by atoms with Gasteiger partial charge in [0.25, 0.3) is 0 Å². The molecular formula is C12H9N3O. The Morgan fingerprint density at radius 1 is 1.25 bits per heavy atom. The molecule has 4 nitrogen and oxygen atoms in total. The molecule has 0 bridgehead atoms. The van der Waals surface area contributed by atoms with E-state index in [1.807, 2.05) is 18.2 Å². The molecule has 3 N–H and O–H groups in total. The smallest absolute Gasteiger partial charge is 0.248 e. The third-order valence-electron chi connectivity index (χ3n) is 2.66. The molecule has 3 rings (SSSR count). The number of hydrogen-bond donors (Lipinski definition) is 2. The molecule has 16 heavy (non-hydrogen) atoms. The summed E-state index contributed by atoms with van der Waals surface area (Å²) in [6, 6.07) is 9.24. The number of carbonyl (C=O) groups is 1. The molecule has 3 aromatic rings. The maximum Gasteiger partial charge on any atom is 0.248 e. The lowest BCUT2D eigenvalue weighted by Crippen LogP contribution is -2.10. The van der Waals surface area contributed by atoms with Crippen molar-refractivity contribution in [1.82, 2.24) is 9.97 Å². The molecule has 1 amide bonds. The van der Waals surface area contributed by atoms with Crippen LogP contribution in [0.3, 0.4) is 0 Å². The molecule has 78 valence electrons. The van der Waals surface area contributed by atoms with E-state index in [0.717, 1.165) is 21.9 Å². The molecule has 0 aliphatic heterocycles. The second-order valence-corrected chi connectivity index (χ2v) is 3.65. The van der Waals surface area contributed by atoms with Crippen molar-refractivity contribution in [1.29, 1.82) is 0 Å². The first-order valence-electron chi connectivity index (χ1n) is 4.92. The highest BCUT2D eigenvalue weighted by molar-refractivity contribution is 6.08. The summed E-state index contributed by atoms with van der Waals surface area (Å²) in [5.41, 5.74) is 7.43. The number of nitrogens with zero attached hydrogens (tertiary/aromatic N) is 1. The minimum absolute atomic E-state index is 0.423. The number of H-pyrrole nitrogens is 1. The Hall–Kier alpha value is -2.36. The molecule has 0 spiro atoms. The highest BCUT2D eigenvalue weighted by Crippen LogP contribution is 2.24. The van der Waals surface area contributed by atoms with Crippen molar-refractivity contribution in [3.05, 3.63) is 42.1 Å². The van der Waals surface area contributed by atoms with E-state index in [9.17, 15) is 4.79 Å². The number of primary amides is 1. The fourth-order valence-corrected chi connectivity index (χ4v) is 1.89. The first-order chi connectivity index (χ1) is 7.75. The first kappa shape index (κ1) is 8.91. The molecular weight excluding hydrogens is 202 g/mol. The van der Waals surface area contributed by atoms with E-state index >= 15 is 0 Å². The van der Waals surface area contributed by atoms with E-state index in [0.29, 0.717) is 5.56 Å². The van der Waals surface area contributed by atoms with Gasteiger partial charge in [0.2, 0.25) is 5.91 Å². The van der Waals surface area contributed by atoms with Crippen LogP contribution in [0, 0.1) is 0 Å². The number of aromatic nitrogens is 2. The van der Waals surface area contributed by atoms with Crippen molar-refractivity contribution in [2.75, 3.05) is 0 Å². The van der Waals surface area contributed by atoms with Gasteiger partial charge in [-0.1, -0.05) is 6.07 Å². The van der Waals surface area contributed by atoms with Crippen LogP contribution < -0.4 is 5.73 Å². The molecule has 0 aliphatic carbocycles. The Kier molecular flexibility index (Phi) is 1.71. The van der Waals surface area contributed by atoms with Crippen LogP contribution in [0.25, 0.3) is 21.9 Å². The van der Waals surface area contributed by atoms with E-state index in [2.05, 4.69) is 9.97 Å². The topological polar surface area (TPSA) is 71.8 Å². The zero-order valence-corrected chi connectivity index (χ0v) is 8.40. The first-order valence-corrected chi connectivity index (χ1v) is 4.92. The van der Waals surface area contributed by atoms with E-state index in [1.54, 1.807) is 18.3 Å². The van der Waals surface area contributed by atoms with Gasteiger partial charge in [-0.15, -0.1) is 0 Å². The molecule has 0 saturated carbocycles. The number of carbonyl (C=O) groups excluding carboxylic acids is 1. The quantitative estimate of drug-likeness (QED) is 0.644. The third kappa shape index (κ3) is 1.16. The fourth-order valence-electron chi connectivity index (χ4n) is 1.89. The Labute approximate surface area is 91.1 Å². The van der Waals surface area contributed by atoms with Gasteiger partial charge >= 0.3 is 0 Å². The van der Waals surface area contributed by atoms with Crippen LogP contribution in [-0.2, 0) is 0 Å². The van der Waals surface area contributed by atoms with Crippen LogP contribution >= 0.6 is 0 Å². The highest BCUT2D eigenvalue weighted by atomic mass is 16.1. The molecule has 0 atom stereocenters. The summed E-state index contributed by atoms with van der Waals surface area (Å²) in [6.07, 6.45) is 1.73. The number of aromatic amines is 1. The molecule has 1 aromatic carbocycles. The van der Waals surface area contributed by atoms with Crippen molar-refractivity contribution < 1.29 is 4.79 Å². The number of nitrogens with two attached hydrogens (primary N) is 1. The second kappa shape index (κ2) is 3.06. The number of nitrogens with one attached hydrogen (secondary N) is 1. The monoisotopic (exact) mass is 211 g/mol. The summed E-state index contributed by atoms with van der Waals surface area (Å²) in [4.78, 5) is 18.4. The standard InChI is InChI=1S/C12H9N3O/c13-11(16)7-3-4-8-9-2-1-5-14-12(9)15-10(8)6-7/h1-6H,(H2,13,16)(H,14,15). The minimum atomic E-state index is -0.423. The lowest BCUT2D eigenvalue weighted by Gasteiger charge is -1.95. The summed E-state index contributed by atoms with van der Waals surface area (Å²) in [5, 5.41) is 2.10. The maximum atomic E-state index is 11.1. The predicted octanol–water partition coefficient (Wildman–Crippen LogP) is 1.81. The summed E-state index contributed by atoms with van der Waals surface area (Å²) >= 11 is 0. The van der Waals surface area contributed by atoms with Crippen LogP contribution in [0.2, 0.25) is 0 Å². The van der Waals surface area contributed by atoms with Gasteiger partial charge in [-0.05, 0) is 24.3 Å². The highest BCUT2D eigenvalue weighted by Gasteiger charge is 2.06. The number of amides is 1. The van der Waals surface area contributed by atoms with E-state index in [4.69, 9.17) is 5.73 Å². The second-order valence-electron chi connectivity index (χ2n) is 3.65. The molecule has 0 radical (unpaired) electrons. The van der Waals surface area contributed by atoms with Crippen LogP contribution in [0.15, 0.2) is 36.5 Å². The molecule has 2 heterocycles. The Morgan fingerprint density at radius 2 is 2.12 bits per heavy atom. The van der Waals surface area contributed by atoms with Crippen molar-refractivity contribution in [2.24, 2.45) is 5.73 Å². The van der Waals surface area contributed by atoms with Gasteiger partial charge in [0.05, 0.1) is 0 Å². The van der Waals surface area contributed by atoms with E-state index < -0.39 is 5.91 Å². The van der Waals surface area contributed by atoms with Gasteiger partial charge in [0.15, 0.2) is 0 Å². The van der Waals surface area contributed by atoms with Gasteiger partial charge in [0, 0.05) is 28.0 Å². The van der Waals surface area contributed by atoms with Crippen molar-refractivity contribution >= 4 is 27.8 Å². The largest absolute Gasteiger partial charge is 0.366 e. The van der Waals surface area contributed by atoms with Gasteiger partial charge in [-0.2, -0.15) is 0 Å². The van der Waals surface area contributed by atoms with Gasteiger partial charge in [-0.3, -0.25) is 4.79 Å². The molecule has 0 unspecified atom stereocenters. The summed E-state index contributed by atoms with van der Waals surface area (Å²) < 4.78 is 0. The predicted molar refractivity (Wildman–Crippen MR) is 62.1 cm³/mol. The molecule has 4 heteroatoms. The number of benzene rings is 1. The van der Waals surface area contributed by atoms with Gasteiger partial charge < -0.3 is 10.7 Å². The lowest BCUT2D eigenvalue weighted by atomic mass is 10.1.